The molecule has 76 valence electrons. The Morgan fingerprint density at radius 2 is 2.50 bits per heavy atom. The summed E-state index contributed by atoms with van der Waals surface area (Å²) in [7, 11) is 0. The van der Waals surface area contributed by atoms with Gasteiger partial charge in [0.25, 0.3) is 0 Å². The number of aromatic nitrogens is 2. The van der Waals surface area contributed by atoms with Crippen molar-refractivity contribution < 1.29 is 9.90 Å². The van der Waals surface area contributed by atoms with Crippen LogP contribution in [0, 0.1) is 0 Å². The molecule has 1 aliphatic rings. The fourth-order valence-corrected chi connectivity index (χ4v) is 2.58. The number of carbonyl (C=O) groups is 1. The number of nitrogens with two attached hydrogens (primary N) is 1. The highest BCUT2D eigenvalue weighted by Gasteiger charge is 2.21. The molecule has 0 unspecified atom stereocenters. The smallest absolute Gasteiger partial charge is 0.309 e. The summed E-state index contributed by atoms with van der Waals surface area (Å²) in [5.74, 6) is 0.143. The van der Waals surface area contributed by atoms with Crippen molar-refractivity contribution in [2.24, 2.45) is 5.73 Å². The molecule has 6 heteroatoms. The summed E-state index contributed by atoms with van der Waals surface area (Å²) in [4.78, 5) is 14.8. The van der Waals surface area contributed by atoms with Gasteiger partial charge in [-0.15, -0.1) is 0 Å². The topological polar surface area (TPSA) is 81.1 Å². The van der Waals surface area contributed by atoms with Gasteiger partial charge in [-0.1, -0.05) is 11.8 Å². The van der Waals surface area contributed by atoms with Gasteiger partial charge in [-0.2, -0.15) is 0 Å². The van der Waals surface area contributed by atoms with Crippen LogP contribution in [-0.4, -0.2) is 26.4 Å². The molecule has 2 rings (SSSR count). The lowest BCUT2D eigenvalue weighted by Gasteiger charge is -2.02. The Balaban J connectivity index is 2.36. The first-order chi connectivity index (χ1) is 6.72. The van der Waals surface area contributed by atoms with Crippen LogP contribution in [0.5, 0.6) is 0 Å². The van der Waals surface area contributed by atoms with E-state index >= 15 is 0 Å². The number of aliphatic carboxylic acids is 1. The van der Waals surface area contributed by atoms with Crippen molar-refractivity contribution in [3.63, 3.8) is 0 Å². The average molecular weight is 213 g/mol. The van der Waals surface area contributed by atoms with E-state index in [0.717, 1.165) is 23.1 Å². The van der Waals surface area contributed by atoms with E-state index in [0.29, 0.717) is 12.2 Å². The minimum atomic E-state index is -0.860. The molecular weight excluding hydrogens is 202 g/mol. The fraction of sp³-hybridized carbons (Fsp3) is 0.500. The summed E-state index contributed by atoms with van der Waals surface area (Å²) in [6.45, 7) is 1.25. The number of nitrogens with zero attached hydrogens (tertiary/aromatic N) is 2. The third-order valence-electron chi connectivity index (χ3n) is 2.18. The predicted molar refractivity (Wildman–Crippen MR) is 52.2 cm³/mol. The van der Waals surface area contributed by atoms with Gasteiger partial charge < -0.3 is 15.4 Å². The second-order valence-electron chi connectivity index (χ2n) is 3.06. The van der Waals surface area contributed by atoms with Crippen LogP contribution in [0.1, 0.15) is 11.4 Å². The average Bonchev–Trinajstić information content (AvgIpc) is 2.62. The number of imidazole rings is 1. The molecule has 0 aromatic carbocycles. The summed E-state index contributed by atoms with van der Waals surface area (Å²) >= 11 is 1.65. The molecule has 2 heterocycles. The second kappa shape index (κ2) is 3.62. The summed E-state index contributed by atoms with van der Waals surface area (Å²) in [5.41, 5.74) is 7.06. The van der Waals surface area contributed by atoms with E-state index in [4.69, 9.17) is 10.8 Å². The number of rotatable bonds is 3. The summed E-state index contributed by atoms with van der Waals surface area (Å²) < 4.78 is 2.02. The Bertz CT molecular complexity index is 375. The molecule has 1 aliphatic heterocycles. The fourth-order valence-electron chi connectivity index (χ4n) is 1.59. The maximum absolute atomic E-state index is 10.6. The van der Waals surface area contributed by atoms with Gasteiger partial charge in [0, 0.05) is 18.8 Å². The normalized spacial score (nSPS) is 14.4. The van der Waals surface area contributed by atoms with Crippen molar-refractivity contribution in [1.82, 2.24) is 9.55 Å². The summed E-state index contributed by atoms with van der Waals surface area (Å²) in [6, 6.07) is 0. The van der Waals surface area contributed by atoms with Crippen molar-refractivity contribution in [1.29, 1.82) is 0 Å². The van der Waals surface area contributed by atoms with E-state index in [9.17, 15) is 4.79 Å². The molecule has 0 bridgehead atoms. The summed E-state index contributed by atoms with van der Waals surface area (Å²) in [5, 5.41) is 9.59. The third kappa shape index (κ3) is 1.51. The molecule has 0 amide bonds. The van der Waals surface area contributed by atoms with Gasteiger partial charge in [0.05, 0.1) is 17.8 Å². The molecule has 5 nitrogen and oxygen atoms in total. The number of hydrogen-bond donors (Lipinski definition) is 2. The molecule has 0 atom stereocenters. The van der Waals surface area contributed by atoms with Gasteiger partial charge in [0.15, 0.2) is 5.16 Å². The van der Waals surface area contributed by atoms with Gasteiger partial charge in [-0.05, 0) is 0 Å². The Morgan fingerprint density at radius 3 is 3.14 bits per heavy atom. The monoisotopic (exact) mass is 213 g/mol. The van der Waals surface area contributed by atoms with Gasteiger partial charge in [-0.3, -0.25) is 4.79 Å². The van der Waals surface area contributed by atoms with E-state index in [2.05, 4.69) is 4.98 Å². The number of carboxylic acid groups (broad SMARTS) is 1. The Kier molecular flexibility index (Phi) is 2.47. The van der Waals surface area contributed by atoms with E-state index in [1.165, 1.54) is 0 Å². The SMILES string of the molecule is NCc1c(CC(=O)O)nc2n1CCS2. The highest BCUT2D eigenvalue weighted by molar-refractivity contribution is 7.99. The van der Waals surface area contributed by atoms with Crippen molar-refractivity contribution in [2.75, 3.05) is 5.75 Å². The van der Waals surface area contributed by atoms with Crippen molar-refractivity contribution in [3.05, 3.63) is 11.4 Å². The largest absolute Gasteiger partial charge is 0.481 e. The van der Waals surface area contributed by atoms with E-state index in [1.807, 2.05) is 4.57 Å². The molecule has 1 aromatic rings. The van der Waals surface area contributed by atoms with Crippen molar-refractivity contribution in [2.45, 2.75) is 24.7 Å². The maximum atomic E-state index is 10.6. The molecular formula is C8H11N3O2S. The van der Waals surface area contributed by atoms with Crippen LogP contribution >= 0.6 is 11.8 Å². The van der Waals surface area contributed by atoms with Gasteiger partial charge in [-0.25, -0.2) is 4.98 Å². The maximum Gasteiger partial charge on any atom is 0.309 e. The minimum Gasteiger partial charge on any atom is -0.481 e. The third-order valence-corrected chi connectivity index (χ3v) is 3.14. The number of hydrogen-bond acceptors (Lipinski definition) is 4. The first-order valence-corrected chi connectivity index (χ1v) is 5.34. The second-order valence-corrected chi connectivity index (χ2v) is 4.12. The lowest BCUT2D eigenvalue weighted by Crippen LogP contribution is -2.11. The molecule has 0 aliphatic carbocycles. The Labute approximate surface area is 85.3 Å². The summed E-state index contributed by atoms with van der Waals surface area (Å²) in [6.07, 6.45) is -0.0346. The zero-order valence-electron chi connectivity index (χ0n) is 7.56. The van der Waals surface area contributed by atoms with Crippen LogP contribution in [0.15, 0.2) is 5.16 Å². The van der Waals surface area contributed by atoms with Gasteiger partial charge in [0.2, 0.25) is 0 Å². The lowest BCUT2D eigenvalue weighted by atomic mass is 10.2. The highest BCUT2D eigenvalue weighted by Crippen LogP contribution is 2.28. The van der Waals surface area contributed by atoms with E-state index in [1.54, 1.807) is 11.8 Å². The lowest BCUT2D eigenvalue weighted by molar-refractivity contribution is -0.136. The van der Waals surface area contributed by atoms with Crippen LogP contribution < -0.4 is 5.73 Å². The highest BCUT2D eigenvalue weighted by atomic mass is 32.2. The number of fused-ring (bicyclic) bond motifs is 1. The van der Waals surface area contributed by atoms with Crippen LogP contribution in [-0.2, 0) is 24.3 Å². The molecule has 1 aromatic heterocycles. The molecule has 3 N–H and O–H groups in total. The standard InChI is InChI=1S/C8H11N3O2S/c9-4-6-5(3-7(12)13)10-8-11(6)1-2-14-8/h1-4,9H2,(H,12,13). The van der Waals surface area contributed by atoms with Crippen molar-refractivity contribution >= 4 is 17.7 Å². The molecule has 0 spiro atoms. The zero-order chi connectivity index (χ0) is 10.1. The van der Waals surface area contributed by atoms with Gasteiger partial charge >= 0.3 is 5.97 Å². The van der Waals surface area contributed by atoms with Crippen molar-refractivity contribution in [3.8, 4) is 0 Å². The predicted octanol–water partition coefficient (Wildman–Crippen LogP) is 0.0746. The van der Waals surface area contributed by atoms with E-state index in [-0.39, 0.29) is 6.42 Å². The number of thioether (sulfide) groups is 1. The van der Waals surface area contributed by atoms with Crippen LogP contribution in [0.2, 0.25) is 0 Å². The quantitative estimate of drug-likeness (QED) is 0.743. The van der Waals surface area contributed by atoms with Gasteiger partial charge in [0.1, 0.15) is 0 Å². The number of carboxylic acids is 1. The zero-order valence-corrected chi connectivity index (χ0v) is 8.38. The molecule has 0 saturated heterocycles. The van der Waals surface area contributed by atoms with Crippen LogP contribution in [0.25, 0.3) is 0 Å². The Morgan fingerprint density at radius 1 is 1.71 bits per heavy atom. The Hall–Kier alpha value is -1.01. The molecule has 14 heavy (non-hydrogen) atoms. The molecule has 0 radical (unpaired) electrons. The molecule has 0 saturated carbocycles. The van der Waals surface area contributed by atoms with Crippen LogP contribution in [0.4, 0.5) is 0 Å². The molecule has 0 fully saturated rings. The van der Waals surface area contributed by atoms with Crippen LogP contribution in [0.3, 0.4) is 0 Å². The first-order valence-electron chi connectivity index (χ1n) is 4.35. The minimum absolute atomic E-state index is 0.0346. The van der Waals surface area contributed by atoms with E-state index < -0.39 is 5.97 Å². The first kappa shape index (κ1) is 9.54.